The van der Waals surface area contributed by atoms with Gasteiger partial charge in [-0.25, -0.2) is 4.79 Å². The van der Waals surface area contributed by atoms with Gasteiger partial charge in [0.05, 0.1) is 12.2 Å². The first-order valence-electron chi connectivity index (χ1n) is 10.4. The Kier molecular flexibility index (Phi) is 9.29. The van der Waals surface area contributed by atoms with Crippen molar-refractivity contribution < 1.29 is 28.7 Å². The summed E-state index contributed by atoms with van der Waals surface area (Å²) in [5.74, 6) is -1.92. The zero-order valence-electron chi connectivity index (χ0n) is 17.8. The Bertz CT molecular complexity index is 783. The number of thiophene rings is 1. The van der Waals surface area contributed by atoms with Gasteiger partial charge >= 0.3 is 11.9 Å². The van der Waals surface area contributed by atoms with Crippen LogP contribution in [0.4, 0.5) is 5.00 Å². The lowest BCUT2D eigenvalue weighted by Crippen LogP contribution is -2.36. The number of amides is 2. The highest BCUT2D eigenvalue weighted by atomic mass is 32.1. The Morgan fingerprint density at radius 1 is 1.07 bits per heavy atom. The fourth-order valence-corrected chi connectivity index (χ4v) is 4.69. The molecule has 0 atom stereocenters. The molecule has 1 aliphatic carbocycles. The third-order valence-corrected chi connectivity index (χ3v) is 6.11. The molecule has 0 bridgehead atoms. The van der Waals surface area contributed by atoms with E-state index in [-0.39, 0.29) is 25.0 Å². The Morgan fingerprint density at radius 3 is 2.40 bits per heavy atom. The number of ether oxygens (including phenoxy) is 2. The van der Waals surface area contributed by atoms with Crippen LogP contribution in [0.2, 0.25) is 0 Å². The Hall–Kier alpha value is -2.42. The summed E-state index contributed by atoms with van der Waals surface area (Å²) in [6, 6.07) is 0. The SMILES string of the molecule is CCOC(=O)c1c(NC(=O)COC(=O)CNC(=O)C2CCCCC2)sc(C)c1CC. The molecule has 2 amide bonds. The van der Waals surface area contributed by atoms with Crippen molar-refractivity contribution in [3.63, 3.8) is 0 Å². The number of hydrogen-bond donors (Lipinski definition) is 2. The number of carbonyl (C=O) groups excluding carboxylic acids is 4. The highest BCUT2D eigenvalue weighted by molar-refractivity contribution is 7.16. The van der Waals surface area contributed by atoms with Gasteiger partial charge in [-0.3, -0.25) is 14.4 Å². The van der Waals surface area contributed by atoms with Crippen LogP contribution in [0.3, 0.4) is 0 Å². The average molecular weight is 439 g/mol. The van der Waals surface area contributed by atoms with E-state index in [4.69, 9.17) is 9.47 Å². The number of carbonyl (C=O) groups is 4. The van der Waals surface area contributed by atoms with E-state index < -0.39 is 24.5 Å². The zero-order chi connectivity index (χ0) is 22.1. The Labute approximate surface area is 180 Å². The molecule has 8 nitrogen and oxygen atoms in total. The summed E-state index contributed by atoms with van der Waals surface area (Å²) in [6.07, 6.45) is 5.50. The van der Waals surface area contributed by atoms with Crippen molar-refractivity contribution in [2.45, 2.75) is 59.3 Å². The van der Waals surface area contributed by atoms with E-state index in [9.17, 15) is 19.2 Å². The number of esters is 2. The molecule has 0 aromatic carbocycles. The molecule has 166 valence electrons. The maximum Gasteiger partial charge on any atom is 0.341 e. The summed E-state index contributed by atoms with van der Waals surface area (Å²) < 4.78 is 10.0. The van der Waals surface area contributed by atoms with E-state index in [1.807, 2.05) is 13.8 Å². The minimum atomic E-state index is -0.684. The normalized spacial score (nSPS) is 14.1. The zero-order valence-corrected chi connectivity index (χ0v) is 18.6. The van der Waals surface area contributed by atoms with Gasteiger partial charge in [0.15, 0.2) is 6.61 Å². The number of aryl methyl sites for hydroxylation is 1. The second-order valence-electron chi connectivity index (χ2n) is 7.18. The summed E-state index contributed by atoms with van der Waals surface area (Å²) in [4.78, 5) is 49.4. The summed E-state index contributed by atoms with van der Waals surface area (Å²) in [6.45, 7) is 4.97. The first-order valence-corrected chi connectivity index (χ1v) is 11.2. The fourth-order valence-electron chi connectivity index (χ4n) is 3.54. The van der Waals surface area contributed by atoms with Gasteiger partial charge in [-0.1, -0.05) is 26.2 Å². The molecule has 0 spiro atoms. The molecule has 9 heteroatoms. The van der Waals surface area contributed by atoms with Gasteiger partial charge in [0.1, 0.15) is 11.5 Å². The van der Waals surface area contributed by atoms with Crippen molar-refractivity contribution in [3.8, 4) is 0 Å². The maximum atomic E-state index is 12.3. The minimum absolute atomic E-state index is 0.0500. The molecule has 1 aliphatic rings. The van der Waals surface area contributed by atoms with Crippen molar-refractivity contribution in [1.29, 1.82) is 0 Å². The van der Waals surface area contributed by atoms with Gasteiger partial charge in [0.25, 0.3) is 5.91 Å². The molecule has 30 heavy (non-hydrogen) atoms. The van der Waals surface area contributed by atoms with Crippen LogP contribution >= 0.6 is 11.3 Å². The van der Waals surface area contributed by atoms with Crippen LogP contribution in [0.15, 0.2) is 0 Å². The largest absolute Gasteiger partial charge is 0.462 e. The molecular weight excluding hydrogens is 408 g/mol. The van der Waals surface area contributed by atoms with Gasteiger partial charge in [0, 0.05) is 10.8 Å². The fraction of sp³-hybridized carbons (Fsp3) is 0.619. The van der Waals surface area contributed by atoms with E-state index in [1.54, 1.807) is 6.92 Å². The summed E-state index contributed by atoms with van der Waals surface area (Å²) in [5, 5.41) is 5.59. The third kappa shape index (κ3) is 6.55. The smallest absolute Gasteiger partial charge is 0.341 e. The first kappa shape index (κ1) is 23.9. The monoisotopic (exact) mass is 438 g/mol. The highest BCUT2D eigenvalue weighted by Gasteiger charge is 2.24. The first-order chi connectivity index (χ1) is 14.4. The average Bonchev–Trinajstić information content (AvgIpc) is 3.05. The second-order valence-corrected chi connectivity index (χ2v) is 8.40. The number of rotatable bonds is 9. The summed E-state index contributed by atoms with van der Waals surface area (Å²) >= 11 is 1.28. The Morgan fingerprint density at radius 2 is 1.77 bits per heavy atom. The lowest BCUT2D eigenvalue weighted by molar-refractivity contribution is -0.147. The van der Waals surface area contributed by atoms with Gasteiger partial charge in [0.2, 0.25) is 5.91 Å². The lowest BCUT2D eigenvalue weighted by atomic mass is 9.89. The van der Waals surface area contributed by atoms with Crippen molar-refractivity contribution in [3.05, 3.63) is 16.0 Å². The quantitative estimate of drug-likeness (QED) is 0.574. The molecule has 1 aromatic rings. The van der Waals surface area contributed by atoms with Crippen molar-refractivity contribution in [1.82, 2.24) is 5.32 Å². The second kappa shape index (κ2) is 11.7. The van der Waals surface area contributed by atoms with E-state index in [0.717, 1.165) is 42.5 Å². The standard InChI is InChI=1S/C21H30N2O6S/c1-4-15-13(3)30-20(18(15)21(27)28-5-2)23-16(24)12-29-17(25)11-22-19(26)14-9-7-6-8-10-14/h14H,4-12H2,1-3H3,(H,22,26)(H,23,24). The molecule has 1 fully saturated rings. The number of nitrogens with one attached hydrogen (secondary N) is 2. The molecule has 1 aromatic heterocycles. The molecule has 0 radical (unpaired) electrons. The molecule has 0 unspecified atom stereocenters. The van der Waals surface area contributed by atoms with Crippen LogP contribution in [-0.4, -0.2) is 43.5 Å². The van der Waals surface area contributed by atoms with E-state index in [1.165, 1.54) is 11.3 Å². The van der Waals surface area contributed by atoms with Gasteiger partial charge in [-0.2, -0.15) is 0 Å². The van der Waals surface area contributed by atoms with E-state index in [2.05, 4.69) is 10.6 Å². The van der Waals surface area contributed by atoms with Crippen molar-refractivity contribution in [2.75, 3.05) is 25.1 Å². The van der Waals surface area contributed by atoms with E-state index in [0.29, 0.717) is 17.0 Å². The maximum absolute atomic E-state index is 12.3. The summed E-state index contributed by atoms with van der Waals surface area (Å²) in [7, 11) is 0. The summed E-state index contributed by atoms with van der Waals surface area (Å²) in [5.41, 5.74) is 1.18. The molecule has 1 saturated carbocycles. The molecule has 2 rings (SSSR count). The molecule has 0 saturated heterocycles. The van der Waals surface area contributed by atoms with Crippen molar-refractivity contribution in [2.24, 2.45) is 5.92 Å². The molecular formula is C21H30N2O6S. The number of hydrogen-bond acceptors (Lipinski definition) is 7. The third-order valence-electron chi connectivity index (χ3n) is 5.04. The Balaban J connectivity index is 1.84. The van der Waals surface area contributed by atoms with Crippen molar-refractivity contribution >= 4 is 40.1 Å². The minimum Gasteiger partial charge on any atom is -0.462 e. The van der Waals surface area contributed by atoms with Crippen LogP contribution in [0.25, 0.3) is 0 Å². The predicted molar refractivity (Wildman–Crippen MR) is 114 cm³/mol. The van der Waals surface area contributed by atoms with Crippen LogP contribution in [0.5, 0.6) is 0 Å². The topological polar surface area (TPSA) is 111 Å². The predicted octanol–water partition coefficient (Wildman–Crippen LogP) is 2.97. The van der Waals surface area contributed by atoms with Gasteiger partial charge in [-0.15, -0.1) is 11.3 Å². The molecule has 1 heterocycles. The van der Waals surface area contributed by atoms with Crippen LogP contribution in [0, 0.1) is 12.8 Å². The van der Waals surface area contributed by atoms with Crippen LogP contribution in [0.1, 0.15) is 66.8 Å². The van der Waals surface area contributed by atoms with E-state index >= 15 is 0 Å². The molecule has 0 aliphatic heterocycles. The number of anilines is 1. The van der Waals surface area contributed by atoms with Gasteiger partial charge < -0.3 is 20.1 Å². The highest BCUT2D eigenvalue weighted by Crippen LogP contribution is 2.34. The molecule has 2 N–H and O–H groups in total. The van der Waals surface area contributed by atoms with Crippen LogP contribution in [-0.2, 0) is 30.3 Å². The van der Waals surface area contributed by atoms with Gasteiger partial charge in [-0.05, 0) is 38.7 Å². The van der Waals surface area contributed by atoms with Crippen LogP contribution < -0.4 is 10.6 Å². The lowest BCUT2D eigenvalue weighted by Gasteiger charge is -2.20.